The van der Waals surface area contributed by atoms with Crippen molar-refractivity contribution in [3.8, 4) is 0 Å². The second-order valence-electron chi connectivity index (χ2n) is 11.1. The Morgan fingerprint density at radius 2 is 1.38 bits per heavy atom. The normalized spacial score (nSPS) is 22.7. The smallest absolute Gasteiger partial charge is 0.0712 e. The highest BCUT2D eigenvalue weighted by molar-refractivity contribution is 5.61. The van der Waals surface area contributed by atoms with Crippen LogP contribution in [0.4, 0.5) is 5.69 Å². The van der Waals surface area contributed by atoms with E-state index in [0.717, 1.165) is 6.67 Å². The summed E-state index contributed by atoms with van der Waals surface area (Å²) in [6.45, 7) is 24.7. The van der Waals surface area contributed by atoms with Crippen molar-refractivity contribution in [3.05, 3.63) is 29.3 Å². The quantitative estimate of drug-likeness (QED) is 0.611. The fraction of sp³-hybridized carbons (Fsp3) is 0.750. The Morgan fingerprint density at radius 1 is 0.846 bits per heavy atom. The zero-order valence-corrected chi connectivity index (χ0v) is 19.1. The maximum atomic E-state index is 2.71. The molecule has 0 aromatic heterocycles. The van der Waals surface area contributed by atoms with Gasteiger partial charge in [-0.25, -0.2) is 0 Å². The predicted molar refractivity (Wildman–Crippen MR) is 116 cm³/mol. The van der Waals surface area contributed by atoms with Crippen LogP contribution >= 0.6 is 0 Å². The number of hydrogen-bond donors (Lipinski definition) is 0. The summed E-state index contributed by atoms with van der Waals surface area (Å²) >= 11 is 0. The molecular formula is C24H42N2. The molecule has 1 fully saturated rings. The summed E-state index contributed by atoms with van der Waals surface area (Å²) in [7, 11) is 2.30. The van der Waals surface area contributed by atoms with Crippen molar-refractivity contribution in [1.29, 1.82) is 0 Å². The van der Waals surface area contributed by atoms with Crippen LogP contribution in [0.2, 0.25) is 0 Å². The number of rotatable bonds is 3. The summed E-state index contributed by atoms with van der Waals surface area (Å²) in [6, 6.07) is 7.98. The van der Waals surface area contributed by atoms with Gasteiger partial charge >= 0.3 is 0 Å². The molecule has 0 bridgehead atoms. The average molecular weight is 359 g/mol. The summed E-state index contributed by atoms with van der Waals surface area (Å²) in [6.07, 6.45) is 0. The molecule has 26 heavy (non-hydrogen) atoms. The SMILES string of the molecule is CC(C)c1cccc(N2CN(C)[C@H](C(C)(C)C)[C@H]2C(C)(C)C)c1C(C)C. The van der Waals surface area contributed by atoms with Crippen molar-refractivity contribution in [2.24, 2.45) is 10.8 Å². The first-order valence-corrected chi connectivity index (χ1v) is 10.4. The molecule has 0 aliphatic carbocycles. The van der Waals surface area contributed by atoms with Gasteiger partial charge in [-0.3, -0.25) is 4.90 Å². The van der Waals surface area contributed by atoms with E-state index in [1.165, 1.54) is 11.3 Å². The third kappa shape index (κ3) is 3.96. The molecule has 2 heteroatoms. The van der Waals surface area contributed by atoms with Crippen molar-refractivity contribution in [2.75, 3.05) is 18.6 Å². The maximum absolute atomic E-state index is 2.71. The highest BCUT2D eigenvalue weighted by Crippen LogP contribution is 2.46. The van der Waals surface area contributed by atoms with Crippen LogP contribution in [0, 0.1) is 10.8 Å². The van der Waals surface area contributed by atoms with Gasteiger partial charge in [0, 0.05) is 11.7 Å². The maximum Gasteiger partial charge on any atom is 0.0712 e. The van der Waals surface area contributed by atoms with Crippen LogP contribution < -0.4 is 4.90 Å². The Balaban J connectivity index is 2.65. The molecule has 2 atom stereocenters. The molecule has 1 aliphatic rings. The second-order valence-corrected chi connectivity index (χ2v) is 11.1. The second kappa shape index (κ2) is 7.19. The first-order chi connectivity index (χ1) is 11.8. The Morgan fingerprint density at radius 3 is 1.81 bits per heavy atom. The number of likely N-dealkylation sites (N-methyl/N-ethyl adjacent to an activating group) is 1. The molecule has 148 valence electrons. The Bertz CT molecular complexity index is 616. The zero-order chi connectivity index (χ0) is 20.0. The molecule has 1 aromatic carbocycles. The van der Waals surface area contributed by atoms with Crippen LogP contribution in [-0.2, 0) is 0 Å². The van der Waals surface area contributed by atoms with E-state index in [-0.39, 0.29) is 10.8 Å². The van der Waals surface area contributed by atoms with E-state index >= 15 is 0 Å². The van der Waals surface area contributed by atoms with E-state index in [0.29, 0.717) is 23.9 Å². The van der Waals surface area contributed by atoms with Crippen LogP contribution in [0.5, 0.6) is 0 Å². The topological polar surface area (TPSA) is 6.48 Å². The predicted octanol–water partition coefficient (Wildman–Crippen LogP) is 6.47. The third-order valence-electron chi connectivity index (χ3n) is 5.89. The molecule has 1 aromatic rings. The van der Waals surface area contributed by atoms with Gasteiger partial charge < -0.3 is 4.90 Å². The Kier molecular flexibility index (Phi) is 5.88. The zero-order valence-electron chi connectivity index (χ0n) is 19.1. The monoisotopic (exact) mass is 358 g/mol. The first-order valence-electron chi connectivity index (χ1n) is 10.4. The van der Waals surface area contributed by atoms with Crippen LogP contribution in [0.3, 0.4) is 0 Å². The lowest BCUT2D eigenvalue weighted by molar-refractivity contribution is 0.118. The van der Waals surface area contributed by atoms with Gasteiger partial charge in [0.2, 0.25) is 0 Å². The minimum atomic E-state index is 0.213. The largest absolute Gasteiger partial charge is 0.353 e. The summed E-state index contributed by atoms with van der Waals surface area (Å²) < 4.78 is 0. The molecule has 2 rings (SSSR count). The summed E-state index contributed by atoms with van der Waals surface area (Å²) in [4.78, 5) is 5.28. The van der Waals surface area contributed by atoms with Crippen LogP contribution in [0.1, 0.15) is 92.2 Å². The number of nitrogens with zero attached hydrogens (tertiary/aromatic N) is 2. The van der Waals surface area contributed by atoms with Gasteiger partial charge in [0.05, 0.1) is 12.7 Å². The standard InChI is InChI=1S/C24H42N2/c1-16(2)18-13-12-14-19(20(18)17(3)4)26-15-25(11)21(23(5,6)7)22(26)24(8,9)10/h12-14,16-17,21-22H,15H2,1-11H3/t21-,22-/m0/s1. The van der Waals surface area contributed by atoms with E-state index in [1.54, 1.807) is 5.56 Å². The van der Waals surface area contributed by atoms with E-state index in [4.69, 9.17) is 0 Å². The number of hydrogen-bond acceptors (Lipinski definition) is 2. The molecule has 1 aliphatic heterocycles. The highest BCUT2D eigenvalue weighted by atomic mass is 15.4. The summed E-state index contributed by atoms with van der Waals surface area (Å²) in [5.74, 6) is 1.09. The fourth-order valence-corrected chi connectivity index (χ4v) is 5.08. The molecule has 1 heterocycles. The third-order valence-corrected chi connectivity index (χ3v) is 5.89. The van der Waals surface area contributed by atoms with E-state index in [1.807, 2.05) is 0 Å². The number of benzene rings is 1. The summed E-state index contributed by atoms with van der Waals surface area (Å²) in [5.41, 5.74) is 4.95. The average Bonchev–Trinajstić information content (AvgIpc) is 2.83. The fourth-order valence-electron chi connectivity index (χ4n) is 5.08. The lowest BCUT2D eigenvalue weighted by Gasteiger charge is -2.44. The van der Waals surface area contributed by atoms with Gasteiger partial charge in [0.25, 0.3) is 0 Å². The molecule has 2 nitrogen and oxygen atoms in total. The lowest BCUT2D eigenvalue weighted by atomic mass is 9.72. The van der Waals surface area contributed by atoms with Crippen molar-refractivity contribution < 1.29 is 0 Å². The van der Waals surface area contributed by atoms with Crippen molar-refractivity contribution in [1.82, 2.24) is 4.90 Å². The van der Waals surface area contributed by atoms with Gasteiger partial charge in [-0.15, -0.1) is 0 Å². The molecule has 0 spiro atoms. The molecular weight excluding hydrogens is 316 g/mol. The molecule has 0 saturated carbocycles. The lowest BCUT2D eigenvalue weighted by Crippen LogP contribution is -2.51. The van der Waals surface area contributed by atoms with Gasteiger partial charge in [-0.05, 0) is 46.9 Å². The molecule has 1 saturated heterocycles. The first kappa shape index (κ1) is 21.3. The highest BCUT2D eigenvalue weighted by Gasteiger charge is 2.49. The van der Waals surface area contributed by atoms with Crippen LogP contribution in [0.15, 0.2) is 18.2 Å². The van der Waals surface area contributed by atoms with E-state index < -0.39 is 0 Å². The van der Waals surface area contributed by atoms with Crippen LogP contribution in [-0.4, -0.2) is 30.7 Å². The molecule has 0 N–H and O–H groups in total. The van der Waals surface area contributed by atoms with E-state index in [2.05, 4.69) is 104 Å². The van der Waals surface area contributed by atoms with E-state index in [9.17, 15) is 0 Å². The van der Waals surface area contributed by atoms with Crippen molar-refractivity contribution >= 4 is 5.69 Å². The Hall–Kier alpha value is -1.02. The van der Waals surface area contributed by atoms with Crippen molar-refractivity contribution in [3.63, 3.8) is 0 Å². The Labute approximate surface area is 163 Å². The number of anilines is 1. The van der Waals surface area contributed by atoms with Gasteiger partial charge in [-0.1, -0.05) is 81.4 Å². The molecule has 0 unspecified atom stereocenters. The molecule has 0 radical (unpaired) electrons. The minimum Gasteiger partial charge on any atom is -0.353 e. The van der Waals surface area contributed by atoms with Crippen molar-refractivity contribution in [2.45, 2.75) is 93.2 Å². The molecule has 0 amide bonds. The van der Waals surface area contributed by atoms with Gasteiger partial charge in [0.15, 0.2) is 0 Å². The van der Waals surface area contributed by atoms with Gasteiger partial charge in [0.1, 0.15) is 0 Å². The van der Waals surface area contributed by atoms with Crippen LogP contribution in [0.25, 0.3) is 0 Å². The minimum absolute atomic E-state index is 0.213. The van der Waals surface area contributed by atoms with Gasteiger partial charge in [-0.2, -0.15) is 0 Å². The summed E-state index contributed by atoms with van der Waals surface area (Å²) in [5, 5.41) is 0.